The van der Waals surface area contributed by atoms with Gasteiger partial charge in [0.2, 0.25) is 11.8 Å². The van der Waals surface area contributed by atoms with Crippen molar-refractivity contribution in [1.82, 2.24) is 18.9 Å². The molecule has 1 aliphatic rings. The molecule has 0 fully saturated rings. The van der Waals surface area contributed by atoms with E-state index in [1.165, 1.54) is 4.40 Å². The predicted octanol–water partition coefficient (Wildman–Crippen LogP) is 2.93. The molecule has 0 amide bonds. The van der Waals surface area contributed by atoms with Gasteiger partial charge in [-0.1, -0.05) is 33.8 Å². The van der Waals surface area contributed by atoms with Crippen molar-refractivity contribution in [2.24, 2.45) is 0 Å². The normalized spacial score (nSPS) is 13.3. The van der Waals surface area contributed by atoms with Gasteiger partial charge in [0, 0.05) is 19.2 Å². The van der Waals surface area contributed by atoms with Crippen LogP contribution in [0.1, 0.15) is 69.3 Å². The molecular formula is C22H28N4O4. The Morgan fingerprint density at radius 2 is 1.53 bits per heavy atom. The molecule has 0 spiro atoms. The van der Waals surface area contributed by atoms with Crippen LogP contribution >= 0.6 is 0 Å². The Hall–Kier alpha value is -3.16. The largest absolute Gasteiger partial charge is 0.493 e. The first-order valence-corrected chi connectivity index (χ1v) is 10.2. The van der Waals surface area contributed by atoms with Crippen LogP contribution in [0.4, 0.5) is 0 Å². The third kappa shape index (κ3) is 4.08. The average Bonchev–Trinajstić information content (AvgIpc) is 2.68. The molecule has 0 unspecified atom stereocenters. The monoisotopic (exact) mass is 412 g/mol. The van der Waals surface area contributed by atoms with Gasteiger partial charge in [0.25, 0.3) is 11.1 Å². The first-order valence-electron chi connectivity index (χ1n) is 10.2. The lowest BCUT2D eigenvalue weighted by Crippen LogP contribution is -2.31. The maximum absolute atomic E-state index is 12.0. The summed E-state index contributed by atoms with van der Waals surface area (Å²) in [4.78, 5) is 32.1. The van der Waals surface area contributed by atoms with E-state index >= 15 is 0 Å². The summed E-state index contributed by atoms with van der Waals surface area (Å²) in [7, 11) is 0. The standard InChI is InChI=1S/C11H16N2O2.C11H12N2O2/c2*1-7(2)9-10(14)12-8-5-3-4-6-13(8)11(9)15/h7,14H,3-6H2,1-2H3;3-7,14H,1-2H3. The highest BCUT2D eigenvalue weighted by atomic mass is 16.3. The number of nitrogens with zero attached hydrogens (tertiary/aromatic N) is 4. The van der Waals surface area contributed by atoms with Crippen molar-refractivity contribution >= 4 is 5.65 Å². The van der Waals surface area contributed by atoms with Crippen molar-refractivity contribution in [3.05, 3.63) is 62.1 Å². The van der Waals surface area contributed by atoms with Gasteiger partial charge < -0.3 is 10.2 Å². The Balaban J connectivity index is 0.000000171. The number of hydrogen-bond donors (Lipinski definition) is 2. The van der Waals surface area contributed by atoms with Crippen LogP contribution in [-0.2, 0) is 13.0 Å². The van der Waals surface area contributed by atoms with Crippen LogP contribution in [0.25, 0.3) is 5.65 Å². The summed E-state index contributed by atoms with van der Waals surface area (Å²) in [5.41, 5.74) is 1.00. The summed E-state index contributed by atoms with van der Waals surface area (Å²) in [5.74, 6) is 0.462. The first kappa shape index (κ1) is 21.5. The van der Waals surface area contributed by atoms with Gasteiger partial charge in [-0.05, 0) is 36.8 Å². The minimum atomic E-state index is -0.201. The van der Waals surface area contributed by atoms with Crippen molar-refractivity contribution < 1.29 is 10.2 Å². The van der Waals surface area contributed by atoms with Crippen LogP contribution in [0, 0.1) is 0 Å². The Kier molecular flexibility index (Phi) is 6.24. The van der Waals surface area contributed by atoms with Crippen LogP contribution in [-0.4, -0.2) is 29.1 Å². The maximum atomic E-state index is 12.0. The molecule has 8 heteroatoms. The predicted molar refractivity (Wildman–Crippen MR) is 114 cm³/mol. The van der Waals surface area contributed by atoms with Crippen LogP contribution in [0.2, 0.25) is 0 Å². The summed E-state index contributed by atoms with van der Waals surface area (Å²) in [5, 5.41) is 19.3. The smallest absolute Gasteiger partial charge is 0.265 e. The minimum absolute atomic E-state index is 0.0183. The molecule has 0 atom stereocenters. The second-order valence-electron chi connectivity index (χ2n) is 8.07. The Morgan fingerprint density at radius 1 is 0.900 bits per heavy atom. The van der Waals surface area contributed by atoms with Gasteiger partial charge in [0.05, 0.1) is 11.1 Å². The summed E-state index contributed by atoms with van der Waals surface area (Å²) in [6, 6.07) is 5.22. The molecule has 30 heavy (non-hydrogen) atoms. The summed E-state index contributed by atoms with van der Waals surface area (Å²) in [6.45, 7) is 8.24. The zero-order valence-corrected chi connectivity index (χ0v) is 17.8. The van der Waals surface area contributed by atoms with Gasteiger partial charge in [-0.3, -0.25) is 18.6 Å². The molecule has 4 heterocycles. The third-order valence-electron chi connectivity index (χ3n) is 5.20. The number of pyridine rings is 1. The maximum Gasteiger partial charge on any atom is 0.265 e. The molecule has 0 saturated heterocycles. The minimum Gasteiger partial charge on any atom is -0.493 e. The number of rotatable bonds is 2. The van der Waals surface area contributed by atoms with Crippen LogP contribution in [0.5, 0.6) is 11.8 Å². The highest BCUT2D eigenvalue weighted by Gasteiger charge is 2.20. The number of aromatic hydroxyl groups is 2. The fourth-order valence-corrected chi connectivity index (χ4v) is 3.68. The molecule has 0 aliphatic carbocycles. The van der Waals surface area contributed by atoms with Crippen molar-refractivity contribution in [2.75, 3.05) is 0 Å². The number of hydrogen-bond acceptors (Lipinski definition) is 6. The van der Waals surface area contributed by atoms with E-state index in [-0.39, 0.29) is 34.7 Å². The Morgan fingerprint density at radius 3 is 2.20 bits per heavy atom. The van der Waals surface area contributed by atoms with Crippen LogP contribution in [0.3, 0.4) is 0 Å². The molecule has 1 aliphatic heterocycles. The molecule has 2 N–H and O–H groups in total. The van der Waals surface area contributed by atoms with E-state index in [9.17, 15) is 19.8 Å². The van der Waals surface area contributed by atoms with E-state index in [4.69, 9.17) is 0 Å². The van der Waals surface area contributed by atoms with Crippen molar-refractivity contribution in [3.63, 3.8) is 0 Å². The van der Waals surface area contributed by atoms with Crippen LogP contribution < -0.4 is 11.1 Å². The van der Waals surface area contributed by atoms with E-state index in [1.807, 2.05) is 27.7 Å². The second-order valence-corrected chi connectivity index (χ2v) is 8.07. The molecule has 0 bridgehead atoms. The summed E-state index contributed by atoms with van der Waals surface area (Å²) in [6.07, 6.45) is 4.51. The second kappa shape index (κ2) is 8.69. The lowest BCUT2D eigenvalue weighted by atomic mass is 10.0. The van der Waals surface area contributed by atoms with Gasteiger partial charge >= 0.3 is 0 Å². The molecule has 0 aromatic carbocycles. The zero-order valence-electron chi connectivity index (χ0n) is 17.8. The quantitative estimate of drug-likeness (QED) is 0.670. The lowest BCUT2D eigenvalue weighted by Gasteiger charge is -2.19. The SMILES string of the molecule is CC(C)c1c(O)nc2ccccn2c1=O.CC(C)c1c(O)nc2n(c1=O)CCCC2. The van der Waals surface area contributed by atoms with Crippen LogP contribution in [0.15, 0.2) is 34.0 Å². The van der Waals surface area contributed by atoms with Gasteiger partial charge in [0.15, 0.2) is 0 Å². The van der Waals surface area contributed by atoms with E-state index in [1.54, 1.807) is 29.0 Å². The average molecular weight is 412 g/mol. The number of aromatic nitrogens is 4. The number of fused-ring (bicyclic) bond motifs is 2. The van der Waals surface area contributed by atoms with E-state index in [0.29, 0.717) is 16.8 Å². The molecule has 0 saturated carbocycles. The molecule has 0 radical (unpaired) electrons. The first-order chi connectivity index (χ1) is 14.2. The Labute approximate surface area is 174 Å². The van der Waals surface area contributed by atoms with Gasteiger partial charge in [-0.25, -0.2) is 0 Å². The van der Waals surface area contributed by atoms with Gasteiger partial charge in [-0.2, -0.15) is 9.97 Å². The molecule has 3 aromatic heterocycles. The molecule has 160 valence electrons. The van der Waals surface area contributed by atoms with Crippen molar-refractivity contribution in [2.45, 2.75) is 65.3 Å². The van der Waals surface area contributed by atoms with Crippen molar-refractivity contribution in [1.29, 1.82) is 0 Å². The fraction of sp³-hybridized carbons (Fsp3) is 0.455. The van der Waals surface area contributed by atoms with E-state index in [0.717, 1.165) is 31.6 Å². The van der Waals surface area contributed by atoms with E-state index in [2.05, 4.69) is 9.97 Å². The number of aryl methyl sites for hydroxylation is 1. The molecule has 4 rings (SSSR count). The van der Waals surface area contributed by atoms with Crippen molar-refractivity contribution in [3.8, 4) is 11.8 Å². The van der Waals surface area contributed by atoms with Gasteiger partial charge in [-0.15, -0.1) is 0 Å². The highest BCUT2D eigenvalue weighted by molar-refractivity contribution is 5.43. The summed E-state index contributed by atoms with van der Waals surface area (Å²) < 4.78 is 3.15. The molecule has 8 nitrogen and oxygen atoms in total. The molecular weight excluding hydrogens is 384 g/mol. The van der Waals surface area contributed by atoms with Gasteiger partial charge in [0.1, 0.15) is 11.5 Å². The van der Waals surface area contributed by atoms with E-state index < -0.39 is 0 Å². The summed E-state index contributed by atoms with van der Waals surface area (Å²) >= 11 is 0. The topological polar surface area (TPSA) is 110 Å². The lowest BCUT2D eigenvalue weighted by molar-refractivity contribution is 0.411. The zero-order chi connectivity index (χ0) is 22.0. The highest BCUT2D eigenvalue weighted by Crippen LogP contribution is 2.22. The fourth-order valence-electron chi connectivity index (χ4n) is 3.68. The molecule has 3 aromatic rings. The third-order valence-corrected chi connectivity index (χ3v) is 5.20. The Bertz CT molecular complexity index is 1180.